The Kier molecular flexibility index (Phi) is 3.79. The SMILES string of the molecule is CNc1cccc2c1N(c1ccccc1Br)c1ccccc1S2. The Morgan fingerprint density at radius 2 is 1.52 bits per heavy atom. The van der Waals surface area contributed by atoms with E-state index in [-0.39, 0.29) is 0 Å². The normalized spacial score (nSPS) is 12.5. The minimum absolute atomic E-state index is 1.08. The number of rotatable bonds is 2. The molecule has 0 unspecified atom stereocenters. The molecule has 3 aromatic rings. The van der Waals surface area contributed by atoms with Gasteiger partial charge < -0.3 is 10.2 Å². The fourth-order valence-corrected chi connectivity index (χ4v) is 4.44. The number of hydrogen-bond donors (Lipinski definition) is 1. The van der Waals surface area contributed by atoms with Crippen molar-refractivity contribution in [2.75, 3.05) is 17.3 Å². The van der Waals surface area contributed by atoms with Crippen LogP contribution in [0.25, 0.3) is 0 Å². The van der Waals surface area contributed by atoms with Crippen molar-refractivity contribution in [2.24, 2.45) is 0 Å². The molecule has 2 nitrogen and oxygen atoms in total. The highest BCUT2D eigenvalue weighted by Crippen LogP contribution is 2.54. The smallest absolute Gasteiger partial charge is 0.0834 e. The van der Waals surface area contributed by atoms with Gasteiger partial charge in [-0.1, -0.05) is 42.1 Å². The summed E-state index contributed by atoms with van der Waals surface area (Å²) in [4.78, 5) is 4.85. The lowest BCUT2D eigenvalue weighted by molar-refractivity contribution is 1.16. The van der Waals surface area contributed by atoms with Gasteiger partial charge in [0.15, 0.2) is 0 Å². The molecule has 0 atom stereocenters. The fraction of sp³-hybridized carbons (Fsp3) is 0.0526. The van der Waals surface area contributed by atoms with Crippen molar-refractivity contribution in [3.05, 3.63) is 71.2 Å². The van der Waals surface area contributed by atoms with Crippen LogP contribution in [0.5, 0.6) is 0 Å². The lowest BCUT2D eigenvalue weighted by Crippen LogP contribution is -2.16. The van der Waals surface area contributed by atoms with Crippen molar-refractivity contribution in [3.63, 3.8) is 0 Å². The molecule has 4 rings (SSSR count). The Hall–Kier alpha value is -1.91. The summed E-state index contributed by atoms with van der Waals surface area (Å²) in [5, 5.41) is 3.33. The Morgan fingerprint density at radius 3 is 2.30 bits per heavy atom. The summed E-state index contributed by atoms with van der Waals surface area (Å²) in [5.74, 6) is 0. The molecule has 1 aliphatic rings. The van der Waals surface area contributed by atoms with Crippen molar-refractivity contribution in [1.29, 1.82) is 0 Å². The van der Waals surface area contributed by atoms with Crippen LogP contribution < -0.4 is 10.2 Å². The summed E-state index contributed by atoms with van der Waals surface area (Å²) in [6.45, 7) is 0. The van der Waals surface area contributed by atoms with E-state index in [1.54, 1.807) is 0 Å². The molecule has 0 saturated heterocycles. The maximum Gasteiger partial charge on any atom is 0.0834 e. The number of fused-ring (bicyclic) bond motifs is 2. The molecule has 4 heteroatoms. The third kappa shape index (κ3) is 2.42. The Balaban J connectivity index is 2.03. The van der Waals surface area contributed by atoms with E-state index in [0.717, 1.165) is 15.8 Å². The molecule has 0 aromatic heterocycles. The second kappa shape index (κ2) is 5.95. The summed E-state index contributed by atoms with van der Waals surface area (Å²) >= 11 is 5.53. The van der Waals surface area contributed by atoms with E-state index in [4.69, 9.17) is 0 Å². The van der Waals surface area contributed by atoms with Crippen molar-refractivity contribution >= 4 is 50.4 Å². The van der Waals surface area contributed by atoms with E-state index >= 15 is 0 Å². The van der Waals surface area contributed by atoms with Gasteiger partial charge in [-0.2, -0.15) is 0 Å². The molecule has 0 bridgehead atoms. The molecule has 23 heavy (non-hydrogen) atoms. The van der Waals surface area contributed by atoms with Crippen molar-refractivity contribution in [2.45, 2.75) is 9.79 Å². The van der Waals surface area contributed by atoms with Gasteiger partial charge in [0.25, 0.3) is 0 Å². The largest absolute Gasteiger partial charge is 0.386 e. The maximum absolute atomic E-state index is 3.71. The molecule has 0 amide bonds. The first-order chi connectivity index (χ1) is 11.3. The van der Waals surface area contributed by atoms with Gasteiger partial charge in [-0.05, 0) is 52.3 Å². The van der Waals surface area contributed by atoms with Crippen molar-refractivity contribution in [3.8, 4) is 0 Å². The van der Waals surface area contributed by atoms with Gasteiger partial charge in [-0.25, -0.2) is 0 Å². The molecular weight excluding hydrogens is 368 g/mol. The first kappa shape index (κ1) is 14.7. The lowest BCUT2D eigenvalue weighted by atomic mass is 10.1. The van der Waals surface area contributed by atoms with Gasteiger partial charge in [0.05, 0.1) is 22.7 Å². The van der Waals surface area contributed by atoms with Gasteiger partial charge in [-0.3, -0.25) is 0 Å². The van der Waals surface area contributed by atoms with Crippen LogP contribution in [0.3, 0.4) is 0 Å². The zero-order chi connectivity index (χ0) is 15.8. The lowest BCUT2D eigenvalue weighted by Gasteiger charge is -2.34. The van der Waals surface area contributed by atoms with Crippen LogP contribution in [0, 0.1) is 0 Å². The van der Waals surface area contributed by atoms with Crippen molar-refractivity contribution < 1.29 is 0 Å². The van der Waals surface area contributed by atoms with E-state index in [2.05, 4.69) is 86.8 Å². The number of benzene rings is 3. The van der Waals surface area contributed by atoms with Crippen LogP contribution in [-0.2, 0) is 0 Å². The Bertz CT molecular complexity index is 868. The van der Waals surface area contributed by atoms with Crippen LogP contribution in [0.4, 0.5) is 22.7 Å². The summed E-state index contributed by atoms with van der Waals surface area (Å²) in [7, 11) is 1.97. The summed E-state index contributed by atoms with van der Waals surface area (Å²) in [6.07, 6.45) is 0. The molecule has 1 heterocycles. The zero-order valence-corrected chi connectivity index (χ0v) is 15.0. The van der Waals surface area contributed by atoms with E-state index in [0.29, 0.717) is 0 Å². The molecule has 0 fully saturated rings. The van der Waals surface area contributed by atoms with Crippen LogP contribution >= 0.6 is 27.7 Å². The highest BCUT2D eigenvalue weighted by atomic mass is 79.9. The first-order valence-electron chi connectivity index (χ1n) is 7.42. The number of halogens is 1. The van der Waals surface area contributed by atoms with E-state index in [9.17, 15) is 0 Å². The summed E-state index contributed by atoms with van der Waals surface area (Å²) in [6, 6.07) is 23.3. The van der Waals surface area contributed by atoms with Crippen molar-refractivity contribution in [1.82, 2.24) is 0 Å². The third-order valence-electron chi connectivity index (χ3n) is 3.91. The van der Waals surface area contributed by atoms with E-state index in [1.807, 2.05) is 24.9 Å². The first-order valence-corrected chi connectivity index (χ1v) is 9.03. The molecule has 0 aliphatic carbocycles. The highest BCUT2D eigenvalue weighted by Gasteiger charge is 2.27. The number of nitrogens with zero attached hydrogens (tertiary/aromatic N) is 1. The van der Waals surface area contributed by atoms with Crippen LogP contribution in [0.1, 0.15) is 0 Å². The fourth-order valence-electron chi connectivity index (χ4n) is 2.89. The minimum Gasteiger partial charge on any atom is -0.386 e. The highest BCUT2D eigenvalue weighted by molar-refractivity contribution is 9.10. The quantitative estimate of drug-likeness (QED) is 0.430. The van der Waals surface area contributed by atoms with E-state index in [1.165, 1.54) is 21.2 Å². The predicted octanol–water partition coefficient (Wildman–Crippen LogP) is 6.43. The Labute approximate surface area is 148 Å². The number of para-hydroxylation sites is 3. The molecule has 114 valence electrons. The Morgan fingerprint density at radius 1 is 0.826 bits per heavy atom. The monoisotopic (exact) mass is 382 g/mol. The molecule has 1 N–H and O–H groups in total. The van der Waals surface area contributed by atoms with Crippen LogP contribution in [-0.4, -0.2) is 7.05 Å². The van der Waals surface area contributed by atoms with Gasteiger partial charge in [-0.15, -0.1) is 0 Å². The van der Waals surface area contributed by atoms with Crippen LogP contribution in [0.15, 0.2) is 81.0 Å². The average Bonchev–Trinajstić information content (AvgIpc) is 2.60. The number of anilines is 4. The van der Waals surface area contributed by atoms with E-state index < -0.39 is 0 Å². The molecular formula is C19H15BrN2S. The molecule has 0 saturated carbocycles. The third-order valence-corrected chi connectivity index (χ3v) is 5.70. The number of nitrogens with one attached hydrogen (secondary N) is 1. The standard InChI is InChI=1S/C19H15BrN2S/c1-21-14-8-6-12-18-19(14)22(15-9-3-2-7-13(15)20)16-10-4-5-11-17(16)23-18/h2-12,21H,1H3. The topological polar surface area (TPSA) is 15.3 Å². The number of hydrogen-bond acceptors (Lipinski definition) is 3. The molecule has 1 aliphatic heterocycles. The van der Waals surface area contributed by atoms with Gasteiger partial charge in [0, 0.05) is 21.3 Å². The maximum atomic E-state index is 3.71. The molecule has 3 aromatic carbocycles. The summed E-state index contributed by atoms with van der Waals surface area (Å²) < 4.78 is 1.08. The average molecular weight is 383 g/mol. The van der Waals surface area contributed by atoms with Gasteiger partial charge in [0.2, 0.25) is 0 Å². The zero-order valence-electron chi connectivity index (χ0n) is 12.6. The second-order valence-corrected chi connectivity index (χ2v) is 7.20. The second-order valence-electron chi connectivity index (χ2n) is 5.26. The molecule has 0 spiro atoms. The van der Waals surface area contributed by atoms with Gasteiger partial charge in [0.1, 0.15) is 0 Å². The molecule has 0 radical (unpaired) electrons. The summed E-state index contributed by atoms with van der Waals surface area (Å²) in [5.41, 5.74) is 4.68. The predicted molar refractivity (Wildman–Crippen MR) is 102 cm³/mol. The van der Waals surface area contributed by atoms with Crippen LogP contribution in [0.2, 0.25) is 0 Å². The van der Waals surface area contributed by atoms with Gasteiger partial charge >= 0.3 is 0 Å². The minimum atomic E-state index is 1.08.